The van der Waals surface area contributed by atoms with Crippen molar-refractivity contribution in [2.45, 2.75) is 43.9 Å². The van der Waals surface area contributed by atoms with Crippen LogP contribution in [0.4, 0.5) is 5.82 Å². The number of rotatable bonds is 6. The molecule has 1 aliphatic rings. The van der Waals surface area contributed by atoms with Gasteiger partial charge in [0.25, 0.3) is 5.56 Å². The smallest absolute Gasteiger partial charge is 0.293 e. The van der Waals surface area contributed by atoms with Crippen LogP contribution in [0.2, 0.25) is 0 Å². The summed E-state index contributed by atoms with van der Waals surface area (Å²) in [6.07, 6.45) is 10.3. The first kappa shape index (κ1) is 13.5. The Labute approximate surface area is 112 Å². The summed E-state index contributed by atoms with van der Waals surface area (Å²) in [5, 5.41) is 3.24. The molecule has 1 aromatic heterocycles. The van der Waals surface area contributed by atoms with Crippen molar-refractivity contribution in [1.29, 1.82) is 0 Å². The Morgan fingerprint density at radius 2 is 2.33 bits per heavy atom. The molecule has 1 saturated carbocycles. The lowest BCUT2D eigenvalue weighted by Crippen LogP contribution is -2.41. The topological polar surface area (TPSA) is 46.9 Å². The van der Waals surface area contributed by atoms with E-state index >= 15 is 0 Å². The fourth-order valence-corrected chi connectivity index (χ4v) is 3.17. The molecule has 0 aromatic carbocycles. The van der Waals surface area contributed by atoms with Crippen molar-refractivity contribution in [3.63, 3.8) is 0 Å². The minimum atomic E-state index is -0.00470. The summed E-state index contributed by atoms with van der Waals surface area (Å²) in [5.74, 6) is 0.492. The number of nitrogens with one attached hydrogen (secondary N) is 1. The molecule has 1 N–H and O–H groups in total. The van der Waals surface area contributed by atoms with Crippen LogP contribution in [-0.2, 0) is 6.54 Å². The summed E-state index contributed by atoms with van der Waals surface area (Å²) >= 11 is 1.90. The Morgan fingerprint density at radius 3 is 2.89 bits per heavy atom. The van der Waals surface area contributed by atoms with Gasteiger partial charge in [0.15, 0.2) is 5.82 Å². The Morgan fingerprint density at radius 1 is 1.56 bits per heavy atom. The standard InChI is InChI=1S/C13H21N3OS/c1-3-8-16-9-7-14-11(12(16)17)15-10-13(18-2)5-4-6-13/h7,9H,3-6,8,10H2,1-2H3,(H,14,15). The van der Waals surface area contributed by atoms with Crippen molar-refractivity contribution < 1.29 is 0 Å². The number of hydrogen-bond acceptors (Lipinski definition) is 4. The summed E-state index contributed by atoms with van der Waals surface area (Å²) in [4.78, 5) is 16.3. The molecule has 18 heavy (non-hydrogen) atoms. The van der Waals surface area contributed by atoms with Crippen LogP contribution in [0.1, 0.15) is 32.6 Å². The summed E-state index contributed by atoms with van der Waals surface area (Å²) in [6.45, 7) is 3.66. The zero-order chi connectivity index (χ0) is 13.0. The van der Waals surface area contributed by atoms with Gasteiger partial charge in [-0.1, -0.05) is 13.3 Å². The van der Waals surface area contributed by atoms with Gasteiger partial charge in [-0.2, -0.15) is 11.8 Å². The van der Waals surface area contributed by atoms with Crippen LogP contribution in [-0.4, -0.2) is 27.1 Å². The minimum absolute atomic E-state index is 0.00470. The summed E-state index contributed by atoms with van der Waals surface area (Å²) in [5.41, 5.74) is -0.00470. The predicted octanol–water partition coefficient (Wildman–Crippen LogP) is 2.35. The highest BCUT2D eigenvalue weighted by Gasteiger charge is 2.36. The molecule has 0 aliphatic heterocycles. The summed E-state index contributed by atoms with van der Waals surface area (Å²) in [7, 11) is 0. The highest BCUT2D eigenvalue weighted by atomic mass is 32.2. The van der Waals surface area contributed by atoms with Gasteiger partial charge in [-0.25, -0.2) is 4.98 Å². The summed E-state index contributed by atoms with van der Waals surface area (Å²) < 4.78 is 2.04. The molecular formula is C13H21N3OS. The SMILES string of the molecule is CCCn1ccnc(NCC2(SC)CCC2)c1=O. The molecule has 0 unspecified atom stereocenters. The van der Waals surface area contributed by atoms with Gasteiger partial charge in [0.2, 0.25) is 0 Å². The lowest BCUT2D eigenvalue weighted by atomic mass is 9.84. The van der Waals surface area contributed by atoms with E-state index in [-0.39, 0.29) is 5.56 Å². The van der Waals surface area contributed by atoms with E-state index in [1.54, 1.807) is 17.0 Å². The fourth-order valence-electron chi connectivity index (χ4n) is 2.25. The van der Waals surface area contributed by atoms with Crippen LogP contribution in [0.25, 0.3) is 0 Å². The Balaban J connectivity index is 2.05. The Bertz CT molecular complexity index is 448. The van der Waals surface area contributed by atoms with Gasteiger partial charge < -0.3 is 9.88 Å². The lowest BCUT2D eigenvalue weighted by molar-refractivity contribution is 0.379. The van der Waals surface area contributed by atoms with Gasteiger partial charge in [0.05, 0.1) is 0 Å². The molecule has 1 aromatic rings. The normalized spacial score (nSPS) is 17.2. The first-order chi connectivity index (χ1) is 8.71. The monoisotopic (exact) mass is 267 g/mol. The molecule has 5 heteroatoms. The van der Waals surface area contributed by atoms with Crippen LogP contribution >= 0.6 is 11.8 Å². The first-order valence-electron chi connectivity index (χ1n) is 6.55. The highest BCUT2D eigenvalue weighted by Crippen LogP contribution is 2.42. The Kier molecular flexibility index (Phi) is 4.32. The van der Waals surface area contributed by atoms with Gasteiger partial charge in [-0.05, 0) is 25.5 Å². The maximum absolute atomic E-state index is 12.1. The zero-order valence-electron chi connectivity index (χ0n) is 11.1. The van der Waals surface area contributed by atoms with E-state index in [0.717, 1.165) is 19.5 Å². The van der Waals surface area contributed by atoms with Gasteiger partial charge in [-0.3, -0.25) is 4.79 Å². The van der Waals surface area contributed by atoms with E-state index in [2.05, 4.69) is 23.5 Å². The predicted molar refractivity (Wildman–Crippen MR) is 77.4 cm³/mol. The van der Waals surface area contributed by atoms with E-state index in [0.29, 0.717) is 10.6 Å². The van der Waals surface area contributed by atoms with Crippen molar-refractivity contribution in [2.75, 3.05) is 18.1 Å². The molecule has 1 aliphatic carbocycles. The van der Waals surface area contributed by atoms with Crippen molar-refractivity contribution in [2.24, 2.45) is 0 Å². The van der Waals surface area contributed by atoms with E-state index in [1.807, 2.05) is 11.8 Å². The molecule has 1 heterocycles. The molecule has 0 amide bonds. The molecule has 0 atom stereocenters. The van der Waals surface area contributed by atoms with Gasteiger partial charge >= 0.3 is 0 Å². The first-order valence-corrected chi connectivity index (χ1v) is 7.78. The Hall–Kier alpha value is -0.970. The molecule has 0 spiro atoms. The number of thioether (sulfide) groups is 1. The molecule has 100 valence electrons. The third-order valence-electron chi connectivity index (χ3n) is 3.65. The quantitative estimate of drug-likeness (QED) is 0.859. The van der Waals surface area contributed by atoms with Crippen molar-refractivity contribution in [3.05, 3.63) is 22.7 Å². The number of aryl methyl sites for hydroxylation is 1. The van der Waals surface area contributed by atoms with E-state index in [9.17, 15) is 4.79 Å². The molecule has 0 bridgehead atoms. The average Bonchev–Trinajstić information content (AvgIpc) is 2.33. The van der Waals surface area contributed by atoms with Gasteiger partial charge in [0, 0.05) is 30.2 Å². The van der Waals surface area contributed by atoms with Crippen LogP contribution in [0, 0.1) is 0 Å². The second-order valence-electron chi connectivity index (χ2n) is 4.87. The molecule has 2 rings (SSSR count). The molecule has 0 radical (unpaired) electrons. The zero-order valence-corrected chi connectivity index (χ0v) is 11.9. The van der Waals surface area contributed by atoms with Gasteiger partial charge in [-0.15, -0.1) is 0 Å². The summed E-state index contributed by atoms with van der Waals surface area (Å²) in [6, 6.07) is 0. The number of hydrogen-bond donors (Lipinski definition) is 1. The maximum atomic E-state index is 12.1. The number of nitrogens with zero attached hydrogens (tertiary/aromatic N) is 2. The average molecular weight is 267 g/mol. The lowest BCUT2D eigenvalue weighted by Gasteiger charge is -2.40. The second kappa shape index (κ2) is 5.78. The van der Waals surface area contributed by atoms with Gasteiger partial charge in [0.1, 0.15) is 0 Å². The van der Waals surface area contributed by atoms with Crippen LogP contribution < -0.4 is 10.9 Å². The van der Waals surface area contributed by atoms with Crippen molar-refractivity contribution >= 4 is 17.6 Å². The molecule has 4 nitrogen and oxygen atoms in total. The third-order valence-corrected chi connectivity index (χ3v) is 5.07. The number of aromatic nitrogens is 2. The largest absolute Gasteiger partial charge is 0.364 e. The maximum Gasteiger partial charge on any atom is 0.293 e. The van der Waals surface area contributed by atoms with Crippen molar-refractivity contribution in [3.8, 4) is 0 Å². The highest BCUT2D eigenvalue weighted by molar-refractivity contribution is 8.00. The minimum Gasteiger partial charge on any atom is -0.364 e. The fraction of sp³-hybridized carbons (Fsp3) is 0.692. The van der Waals surface area contributed by atoms with Crippen LogP contribution in [0.3, 0.4) is 0 Å². The van der Waals surface area contributed by atoms with E-state index in [4.69, 9.17) is 0 Å². The van der Waals surface area contributed by atoms with E-state index < -0.39 is 0 Å². The number of anilines is 1. The van der Waals surface area contributed by atoms with Crippen LogP contribution in [0.15, 0.2) is 17.2 Å². The molecule has 1 fully saturated rings. The van der Waals surface area contributed by atoms with Crippen LogP contribution in [0.5, 0.6) is 0 Å². The molecule has 0 saturated heterocycles. The molecular weight excluding hydrogens is 246 g/mol. The van der Waals surface area contributed by atoms with E-state index in [1.165, 1.54) is 19.3 Å². The second-order valence-corrected chi connectivity index (χ2v) is 6.14. The van der Waals surface area contributed by atoms with Crippen molar-refractivity contribution in [1.82, 2.24) is 9.55 Å². The third kappa shape index (κ3) is 2.71.